The molecule has 1 fully saturated rings. The summed E-state index contributed by atoms with van der Waals surface area (Å²) < 4.78 is 32.8. The van der Waals surface area contributed by atoms with Crippen molar-refractivity contribution in [3.05, 3.63) is 48.0 Å². The first-order chi connectivity index (χ1) is 16.8. The molecule has 1 aromatic carbocycles. The van der Waals surface area contributed by atoms with Crippen molar-refractivity contribution in [3.8, 4) is 0 Å². The van der Waals surface area contributed by atoms with Crippen LogP contribution in [-0.4, -0.2) is 75.6 Å². The van der Waals surface area contributed by atoms with Crippen LogP contribution in [0, 0.1) is 0 Å². The summed E-state index contributed by atoms with van der Waals surface area (Å²) in [5.41, 5.74) is 7.07. The second kappa shape index (κ2) is 10.7. The molecule has 3 heterocycles. The number of halogens is 2. The number of rotatable bonds is 9. The molecule has 2 N–H and O–H groups in total. The Balaban J connectivity index is 1.22. The highest BCUT2D eigenvalue weighted by molar-refractivity contribution is 5.96. The molecule has 1 saturated heterocycles. The molecule has 4 rings (SSSR count). The number of piperidine rings is 1. The second-order valence-corrected chi connectivity index (χ2v) is 8.40. The molecule has 0 spiro atoms. The van der Waals surface area contributed by atoms with E-state index in [-0.39, 0.29) is 24.1 Å². The maximum atomic E-state index is 12.7. The lowest BCUT2D eigenvalue weighted by Gasteiger charge is -2.36. The second-order valence-electron chi connectivity index (χ2n) is 8.40. The molecular formula is C23H27F2N7O3. The van der Waals surface area contributed by atoms with Crippen molar-refractivity contribution in [2.24, 2.45) is 5.73 Å². The van der Waals surface area contributed by atoms with Crippen LogP contribution in [-0.2, 0) is 16.1 Å². The zero-order valence-electron chi connectivity index (χ0n) is 19.3. The SMILES string of the molecule is CN(C(=O)COCCn1cnc2ccc(C(N)=O)cc21)C1CCN(c2ncc(C(F)F)cn2)CC1. The predicted molar refractivity (Wildman–Crippen MR) is 124 cm³/mol. The van der Waals surface area contributed by atoms with Crippen molar-refractivity contribution in [1.82, 2.24) is 24.4 Å². The quantitative estimate of drug-likeness (QED) is 0.459. The van der Waals surface area contributed by atoms with E-state index in [1.807, 2.05) is 9.47 Å². The number of ether oxygens (including phenoxy) is 1. The van der Waals surface area contributed by atoms with Gasteiger partial charge in [0.2, 0.25) is 17.8 Å². The molecule has 0 atom stereocenters. The van der Waals surface area contributed by atoms with Crippen LogP contribution < -0.4 is 10.6 Å². The minimum Gasteiger partial charge on any atom is -0.370 e. The fourth-order valence-electron chi connectivity index (χ4n) is 4.08. The van der Waals surface area contributed by atoms with Crippen LogP contribution in [0.3, 0.4) is 0 Å². The molecule has 0 aliphatic carbocycles. The van der Waals surface area contributed by atoms with Crippen molar-refractivity contribution in [3.63, 3.8) is 0 Å². The first-order valence-electron chi connectivity index (χ1n) is 11.3. The maximum absolute atomic E-state index is 12.7. The number of carbonyl (C=O) groups is 2. The fourth-order valence-corrected chi connectivity index (χ4v) is 4.08. The van der Waals surface area contributed by atoms with E-state index in [0.29, 0.717) is 50.6 Å². The van der Waals surface area contributed by atoms with Crippen molar-refractivity contribution in [2.75, 3.05) is 38.3 Å². The Morgan fingerprint density at radius 3 is 2.57 bits per heavy atom. The van der Waals surface area contributed by atoms with Crippen molar-refractivity contribution >= 4 is 28.8 Å². The summed E-state index contributed by atoms with van der Waals surface area (Å²) in [6.45, 7) is 1.97. The van der Waals surface area contributed by atoms with Gasteiger partial charge < -0.3 is 24.8 Å². The molecule has 12 heteroatoms. The lowest BCUT2D eigenvalue weighted by Crippen LogP contribution is -2.47. The van der Waals surface area contributed by atoms with E-state index in [1.54, 1.807) is 36.5 Å². The number of primary amides is 1. The largest absolute Gasteiger partial charge is 0.370 e. The molecule has 10 nitrogen and oxygen atoms in total. The van der Waals surface area contributed by atoms with Crippen molar-refractivity contribution in [1.29, 1.82) is 0 Å². The maximum Gasteiger partial charge on any atom is 0.266 e. The summed E-state index contributed by atoms with van der Waals surface area (Å²) in [6.07, 6.45) is 2.79. The monoisotopic (exact) mass is 487 g/mol. The highest BCUT2D eigenvalue weighted by Gasteiger charge is 2.26. The van der Waals surface area contributed by atoms with Crippen LogP contribution in [0.4, 0.5) is 14.7 Å². The average Bonchev–Trinajstić information content (AvgIpc) is 3.28. The number of aromatic nitrogens is 4. The first-order valence-corrected chi connectivity index (χ1v) is 11.3. The van der Waals surface area contributed by atoms with Gasteiger partial charge in [0.05, 0.1) is 29.5 Å². The molecule has 186 valence electrons. The number of imidazole rings is 1. The predicted octanol–water partition coefficient (Wildman–Crippen LogP) is 2.01. The van der Waals surface area contributed by atoms with Gasteiger partial charge in [-0.25, -0.2) is 23.7 Å². The number of carbonyl (C=O) groups excluding carboxylic acids is 2. The Morgan fingerprint density at radius 1 is 1.20 bits per heavy atom. The zero-order chi connectivity index (χ0) is 24.9. The van der Waals surface area contributed by atoms with E-state index in [0.717, 1.165) is 23.4 Å². The van der Waals surface area contributed by atoms with Gasteiger partial charge in [-0.2, -0.15) is 0 Å². The van der Waals surface area contributed by atoms with Crippen molar-refractivity contribution in [2.45, 2.75) is 31.9 Å². The number of anilines is 1. The van der Waals surface area contributed by atoms with Gasteiger partial charge >= 0.3 is 0 Å². The Hall–Kier alpha value is -3.67. The summed E-state index contributed by atoms with van der Waals surface area (Å²) in [7, 11) is 1.76. The lowest BCUT2D eigenvalue weighted by atomic mass is 10.0. The molecule has 2 amide bonds. The number of alkyl halides is 2. The van der Waals surface area contributed by atoms with Crippen LogP contribution in [0.15, 0.2) is 36.9 Å². The summed E-state index contributed by atoms with van der Waals surface area (Å²) in [6, 6.07) is 5.11. The highest BCUT2D eigenvalue weighted by Crippen LogP contribution is 2.22. The van der Waals surface area contributed by atoms with Gasteiger partial charge in [-0.1, -0.05) is 0 Å². The Bertz CT molecular complexity index is 1180. The van der Waals surface area contributed by atoms with Gasteiger partial charge in [0.1, 0.15) is 6.61 Å². The van der Waals surface area contributed by atoms with Crippen LogP contribution >= 0.6 is 0 Å². The van der Waals surface area contributed by atoms with Crippen LogP contribution in [0.2, 0.25) is 0 Å². The number of nitrogens with zero attached hydrogens (tertiary/aromatic N) is 6. The van der Waals surface area contributed by atoms with Crippen LogP contribution in [0.1, 0.15) is 35.2 Å². The normalized spacial score (nSPS) is 14.6. The molecule has 35 heavy (non-hydrogen) atoms. The topological polar surface area (TPSA) is 119 Å². The fraction of sp³-hybridized carbons (Fsp3) is 0.435. The van der Waals surface area contributed by atoms with Gasteiger partial charge in [0.25, 0.3) is 6.43 Å². The molecule has 0 saturated carbocycles. The van der Waals surface area contributed by atoms with Crippen LogP contribution in [0.5, 0.6) is 0 Å². The molecule has 0 unspecified atom stereocenters. The molecule has 0 bridgehead atoms. The molecular weight excluding hydrogens is 460 g/mol. The third-order valence-electron chi connectivity index (χ3n) is 6.21. The van der Waals surface area contributed by atoms with E-state index >= 15 is 0 Å². The molecule has 1 aliphatic rings. The van der Waals surface area contributed by atoms with E-state index < -0.39 is 12.3 Å². The van der Waals surface area contributed by atoms with Gasteiger partial charge in [0, 0.05) is 50.7 Å². The summed E-state index contributed by atoms with van der Waals surface area (Å²) in [5, 5.41) is 0. The van der Waals surface area contributed by atoms with Gasteiger partial charge in [0.15, 0.2) is 0 Å². The minimum atomic E-state index is -2.59. The van der Waals surface area contributed by atoms with E-state index in [9.17, 15) is 18.4 Å². The third-order valence-corrected chi connectivity index (χ3v) is 6.21. The smallest absolute Gasteiger partial charge is 0.266 e. The van der Waals surface area contributed by atoms with Gasteiger partial charge in [-0.3, -0.25) is 9.59 Å². The number of hydrogen-bond donors (Lipinski definition) is 1. The van der Waals surface area contributed by atoms with Gasteiger partial charge in [-0.05, 0) is 31.0 Å². The highest BCUT2D eigenvalue weighted by atomic mass is 19.3. The number of fused-ring (bicyclic) bond motifs is 1. The van der Waals surface area contributed by atoms with E-state index in [4.69, 9.17) is 10.5 Å². The Kier molecular flexibility index (Phi) is 7.49. The average molecular weight is 488 g/mol. The summed E-state index contributed by atoms with van der Waals surface area (Å²) in [4.78, 5) is 40.0. The standard InChI is InChI=1S/C23H27F2N7O3/c1-30(17-4-6-31(7-5-17)23-27-11-16(12-28-23)21(24)25)20(33)13-35-9-8-32-14-29-18-3-2-15(22(26)34)10-19(18)32/h2-3,10-12,14,17,21H,4-9,13H2,1H3,(H2,26,34). The summed E-state index contributed by atoms with van der Waals surface area (Å²) >= 11 is 0. The Labute approximate surface area is 200 Å². The third kappa shape index (κ3) is 5.70. The zero-order valence-corrected chi connectivity index (χ0v) is 19.3. The number of hydrogen-bond acceptors (Lipinski definition) is 7. The molecule has 2 aromatic heterocycles. The number of benzene rings is 1. The van der Waals surface area contributed by atoms with E-state index in [1.165, 1.54) is 0 Å². The number of amides is 2. The molecule has 3 aromatic rings. The molecule has 1 aliphatic heterocycles. The summed E-state index contributed by atoms with van der Waals surface area (Å²) in [5.74, 6) is -0.208. The van der Waals surface area contributed by atoms with Crippen LogP contribution in [0.25, 0.3) is 11.0 Å². The molecule has 0 radical (unpaired) electrons. The number of likely N-dealkylation sites (N-methyl/N-ethyl adjacent to an activating group) is 1. The van der Waals surface area contributed by atoms with Crippen molar-refractivity contribution < 1.29 is 23.1 Å². The van der Waals surface area contributed by atoms with Gasteiger partial charge in [-0.15, -0.1) is 0 Å². The van der Waals surface area contributed by atoms with E-state index in [2.05, 4.69) is 15.0 Å². The lowest BCUT2D eigenvalue weighted by molar-refractivity contribution is -0.137. The first kappa shape index (κ1) is 24.5. The minimum absolute atomic E-state index is 0.0475. The number of nitrogens with two attached hydrogens (primary N) is 1. The Morgan fingerprint density at radius 2 is 1.91 bits per heavy atom.